The van der Waals surface area contributed by atoms with Crippen LogP contribution in [0.5, 0.6) is 0 Å². The normalized spacial score (nSPS) is 38.9. The zero-order valence-electron chi connectivity index (χ0n) is 21.2. The van der Waals surface area contributed by atoms with Crippen molar-refractivity contribution in [1.82, 2.24) is 5.32 Å². The van der Waals surface area contributed by atoms with E-state index in [4.69, 9.17) is 9.94 Å². The largest absolute Gasteiger partial charge is 0.465 e. The lowest BCUT2D eigenvalue weighted by Gasteiger charge is -2.58. The zero-order chi connectivity index (χ0) is 24.8. The molecule has 0 aromatic heterocycles. The molecule has 4 rings (SSSR count). The lowest BCUT2D eigenvalue weighted by atomic mass is 9.46. The van der Waals surface area contributed by atoms with Gasteiger partial charge in [-0.1, -0.05) is 38.4 Å². The minimum atomic E-state index is -1.25. The first kappa shape index (κ1) is 24.9. The van der Waals surface area contributed by atoms with Crippen molar-refractivity contribution in [3.05, 3.63) is 11.6 Å². The van der Waals surface area contributed by atoms with Crippen molar-refractivity contribution in [2.45, 2.75) is 92.0 Å². The molecule has 0 aromatic carbocycles. The third kappa shape index (κ3) is 4.20. The molecule has 7 nitrogen and oxygen atoms in total. The van der Waals surface area contributed by atoms with E-state index >= 15 is 0 Å². The minimum Gasteiger partial charge on any atom is -0.465 e. The quantitative estimate of drug-likeness (QED) is 0.415. The number of ketones is 1. The molecule has 4 aliphatic carbocycles. The van der Waals surface area contributed by atoms with Gasteiger partial charge in [-0.25, -0.2) is 9.59 Å². The number of rotatable bonds is 5. The van der Waals surface area contributed by atoms with Crippen molar-refractivity contribution in [3.8, 4) is 0 Å². The second kappa shape index (κ2) is 9.12. The summed E-state index contributed by atoms with van der Waals surface area (Å²) >= 11 is 0. The first-order valence-corrected chi connectivity index (χ1v) is 13.0. The van der Waals surface area contributed by atoms with E-state index in [1.165, 1.54) is 18.4 Å². The molecule has 0 unspecified atom stereocenters. The predicted molar refractivity (Wildman–Crippen MR) is 129 cm³/mol. The van der Waals surface area contributed by atoms with Crippen LogP contribution in [0.25, 0.3) is 0 Å². The van der Waals surface area contributed by atoms with Crippen LogP contribution in [0.4, 0.5) is 4.79 Å². The maximum Gasteiger partial charge on any atom is 0.405 e. The van der Waals surface area contributed by atoms with E-state index in [1.807, 2.05) is 0 Å². The molecule has 3 saturated carbocycles. The van der Waals surface area contributed by atoms with Gasteiger partial charge in [0.25, 0.3) is 0 Å². The van der Waals surface area contributed by atoms with E-state index in [0.29, 0.717) is 23.5 Å². The first-order valence-electron chi connectivity index (χ1n) is 13.0. The van der Waals surface area contributed by atoms with Crippen molar-refractivity contribution in [1.29, 1.82) is 0 Å². The fourth-order valence-corrected chi connectivity index (χ4v) is 8.10. The third-order valence-corrected chi connectivity index (χ3v) is 9.92. The Labute approximate surface area is 202 Å². The molecule has 0 aromatic rings. The molecule has 0 bridgehead atoms. The molecule has 0 heterocycles. The summed E-state index contributed by atoms with van der Waals surface area (Å²) in [5, 5.41) is 15.3. The fourth-order valence-electron chi connectivity index (χ4n) is 8.10. The van der Waals surface area contributed by atoms with E-state index < -0.39 is 18.1 Å². The molecule has 0 saturated heterocycles. The maximum atomic E-state index is 12.4. The number of nitrogens with one attached hydrogen (secondary N) is 1. The van der Waals surface area contributed by atoms with Gasteiger partial charge in [-0.15, -0.1) is 0 Å². The standard InChI is InChI=1S/C27H40N2O5/c1-15(2)23(28-25(32)33)24(31)34-29-18-10-12-26(4)17(14-18)6-7-19-21-9-8-20(16(3)30)27(21,5)13-11-22(19)26/h14-15,19-23,28H,6-13H2,1-5H3,(H,32,33)/b29-18+/t19-,20+,21-,22-,23-,26-,27+/m0/s1. The first-order chi connectivity index (χ1) is 16.0. The highest BCUT2D eigenvalue weighted by molar-refractivity contribution is 5.97. The van der Waals surface area contributed by atoms with Crippen LogP contribution in [-0.2, 0) is 14.4 Å². The average molecular weight is 473 g/mol. The molecule has 3 fully saturated rings. The van der Waals surface area contributed by atoms with Crippen LogP contribution >= 0.6 is 0 Å². The molecule has 7 atom stereocenters. The van der Waals surface area contributed by atoms with Crippen LogP contribution in [0.15, 0.2) is 16.8 Å². The smallest absolute Gasteiger partial charge is 0.405 e. The van der Waals surface area contributed by atoms with Gasteiger partial charge >= 0.3 is 12.1 Å². The summed E-state index contributed by atoms with van der Waals surface area (Å²) in [5.74, 6) is 1.64. The van der Waals surface area contributed by atoms with E-state index in [1.54, 1.807) is 20.8 Å². The van der Waals surface area contributed by atoms with Crippen LogP contribution in [0.1, 0.15) is 86.0 Å². The second-order valence-corrected chi connectivity index (χ2v) is 12.0. The summed E-state index contributed by atoms with van der Waals surface area (Å²) < 4.78 is 0. The van der Waals surface area contributed by atoms with Crippen molar-refractivity contribution in [2.75, 3.05) is 0 Å². The fraction of sp³-hybridized carbons (Fsp3) is 0.778. The summed E-state index contributed by atoms with van der Waals surface area (Å²) in [6.45, 7) is 10.1. The van der Waals surface area contributed by atoms with Crippen LogP contribution < -0.4 is 5.32 Å². The van der Waals surface area contributed by atoms with Gasteiger partial charge in [-0.3, -0.25) is 4.79 Å². The number of amides is 1. The number of carbonyl (C=O) groups excluding carboxylic acids is 2. The van der Waals surface area contributed by atoms with Gasteiger partial charge in [0, 0.05) is 5.92 Å². The summed E-state index contributed by atoms with van der Waals surface area (Å²) in [4.78, 5) is 40.9. The Kier molecular flexibility index (Phi) is 6.69. The van der Waals surface area contributed by atoms with Crippen LogP contribution in [0.3, 0.4) is 0 Å². The Bertz CT molecular complexity index is 924. The van der Waals surface area contributed by atoms with Crippen LogP contribution in [0.2, 0.25) is 0 Å². The number of carbonyl (C=O) groups is 3. The molecule has 4 aliphatic rings. The number of fused-ring (bicyclic) bond motifs is 5. The van der Waals surface area contributed by atoms with Crippen molar-refractivity contribution >= 4 is 23.6 Å². The molecule has 2 N–H and O–H groups in total. The van der Waals surface area contributed by atoms with Gasteiger partial charge in [0.05, 0.1) is 5.71 Å². The molecule has 0 aliphatic heterocycles. The Morgan fingerprint density at radius 2 is 1.82 bits per heavy atom. The van der Waals surface area contributed by atoms with Gasteiger partial charge in [-0.2, -0.15) is 0 Å². The van der Waals surface area contributed by atoms with Crippen molar-refractivity contribution < 1.29 is 24.3 Å². The number of nitrogens with zero attached hydrogens (tertiary/aromatic N) is 1. The lowest BCUT2D eigenvalue weighted by molar-refractivity contribution is -0.147. The second-order valence-electron chi connectivity index (χ2n) is 12.0. The Morgan fingerprint density at radius 1 is 1.09 bits per heavy atom. The summed E-state index contributed by atoms with van der Waals surface area (Å²) in [5.41, 5.74) is 2.46. The molecule has 7 heteroatoms. The average Bonchev–Trinajstić information content (AvgIpc) is 3.13. The molecule has 0 spiro atoms. The lowest BCUT2D eigenvalue weighted by Crippen LogP contribution is -2.51. The van der Waals surface area contributed by atoms with Gasteiger partial charge in [-0.05, 0) is 98.9 Å². The maximum absolute atomic E-state index is 12.4. The highest BCUT2D eigenvalue weighted by Gasteiger charge is 2.59. The highest BCUT2D eigenvalue weighted by Crippen LogP contribution is 2.66. The SMILES string of the molecule is CC(=O)[C@H]1CC[C@H]2[C@@H]3CCC4=C/C(=N/OC(=O)[C@@H](NC(=O)O)C(C)C)CC[C@]4(C)[C@H]3CC[C@]12C. The van der Waals surface area contributed by atoms with E-state index in [-0.39, 0.29) is 22.7 Å². The zero-order valence-corrected chi connectivity index (χ0v) is 21.2. The van der Waals surface area contributed by atoms with E-state index in [2.05, 4.69) is 30.4 Å². The monoisotopic (exact) mass is 472 g/mol. The predicted octanol–water partition coefficient (Wildman–Crippen LogP) is 5.35. The van der Waals surface area contributed by atoms with Crippen LogP contribution in [-0.4, -0.2) is 34.7 Å². The summed E-state index contributed by atoms with van der Waals surface area (Å²) in [6.07, 6.45) is 9.32. The number of Topliss-reactive ketones (excluding diaryl/α,β-unsaturated/α-hetero) is 1. The topological polar surface area (TPSA) is 105 Å². The Morgan fingerprint density at radius 3 is 2.47 bits per heavy atom. The van der Waals surface area contributed by atoms with E-state index in [0.717, 1.165) is 44.2 Å². The minimum absolute atomic E-state index is 0.132. The van der Waals surface area contributed by atoms with Crippen molar-refractivity contribution in [2.24, 2.45) is 45.6 Å². The van der Waals surface area contributed by atoms with Crippen molar-refractivity contribution in [3.63, 3.8) is 0 Å². The molecular weight excluding hydrogens is 432 g/mol. The molecule has 188 valence electrons. The molecule has 1 amide bonds. The number of allylic oxidation sites excluding steroid dienone is 2. The van der Waals surface area contributed by atoms with E-state index in [9.17, 15) is 14.4 Å². The van der Waals surface area contributed by atoms with Crippen LogP contribution in [0, 0.1) is 40.4 Å². The Balaban J connectivity index is 1.48. The third-order valence-electron chi connectivity index (χ3n) is 9.92. The highest BCUT2D eigenvalue weighted by atomic mass is 16.7. The number of oxime groups is 1. The number of hydrogen-bond acceptors (Lipinski definition) is 5. The number of hydrogen-bond donors (Lipinski definition) is 2. The summed E-state index contributed by atoms with van der Waals surface area (Å²) in [7, 11) is 0. The molecule has 34 heavy (non-hydrogen) atoms. The van der Waals surface area contributed by atoms with Gasteiger partial charge in [0.2, 0.25) is 0 Å². The molecule has 0 radical (unpaired) electrons. The summed E-state index contributed by atoms with van der Waals surface area (Å²) in [6, 6.07) is -0.944. The van der Waals surface area contributed by atoms with Gasteiger partial charge in [0.1, 0.15) is 11.8 Å². The molecular formula is C27H40N2O5. The number of carboxylic acid groups (broad SMARTS) is 1. The Hall–Kier alpha value is -2.18. The van der Waals surface area contributed by atoms with Gasteiger partial charge in [0.15, 0.2) is 0 Å². The van der Waals surface area contributed by atoms with Gasteiger partial charge < -0.3 is 15.3 Å².